The number of nitrogens with one attached hydrogen (secondary N) is 1. The summed E-state index contributed by atoms with van der Waals surface area (Å²) in [4.78, 5) is 24.8. The van der Waals surface area contributed by atoms with Gasteiger partial charge in [-0.3, -0.25) is 9.59 Å². The maximum absolute atomic E-state index is 12.1. The number of amides is 1. The van der Waals surface area contributed by atoms with Gasteiger partial charge in [0.15, 0.2) is 0 Å². The molecule has 21 heavy (non-hydrogen) atoms. The number of carboxylic acid groups (broad SMARTS) is 1. The predicted octanol–water partition coefficient (Wildman–Crippen LogP) is 2.49. The van der Waals surface area contributed by atoms with Crippen LogP contribution in [-0.4, -0.2) is 41.5 Å². The van der Waals surface area contributed by atoms with E-state index in [0.717, 1.165) is 15.7 Å². The Morgan fingerprint density at radius 2 is 2.05 bits per heavy atom. The van der Waals surface area contributed by atoms with Crippen molar-refractivity contribution in [2.24, 2.45) is 5.92 Å². The Labute approximate surface area is 132 Å². The fraction of sp³-hybridized carbons (Fsp3) is 0.467. The van der Waals surface area contributed by atoms with E-state index in [9.17, 15) is 9.59 Å². The molecule has 1 fully saturated rings. The lowest BCUT2D eigenvalue weighted by Gasteiger charge is -2.30. The third-order valence-corrected chi connectivity index (χ3v) is 4.44. The van der Waals surface area contributed by atoms with Crippen molar-refractivity contribution in [1.82, 2.24) is 4.90 Å². The van der Waals surface area contributed by atoms with Crippen molar-refractivity contribution in [2.75, 3.05) is 25.0 Å². The van der Waals surface area contributed by atoms with Gasteiger partial charge in [-0.1, -0.05) is 6.07 Å². The summed E-state index contributed by atoms with van der Waals surface area (Å²) < 4.78 is 0.922. The summed E-state index contributed by atoms with van der Waals surface area (Å²) in [7, 11) is 0. The number of aliphatic carboxylic acids is 1. The number of aryl methyl sites for hydroxylation is 1. The lowest BCUT2D eigenvalue weighted by molar-refractivity contribution is -0.145. The molecule has 0 aromatic heterocycles. The normalized spacial score (nSPS) is 15.8. The molecular weight excluding hydrogens is 336 g/mol. The number of carbonyl (C=O) groups is 2. The Balaban J connectivity index is 1.85. The first-order chi connectivity index (χ1) is 9.97. The Hall–Kier alpha value is -1.56. The van der Waals surface area contributed by atoms with Crippen LogP contribution in [-0.2, 0) is 9.59 Å². The molecule has 2 rings (SSSR count). The van der Waals surface area contributed by atoms with Crippen LogP contribution in [0.25, 0.3) is 0 Å². The Kier molecular flexibility index (Phi) is 5.22. The second kappa shape index (κ2) is 6.93. The molecule has 114 valence electrons. The van der Waals surface area contributed by atoms with Crippen LogP contribution in [0.2, 0.25) is 0 Å². The van der Waals surface area contributed by atoms with Gasteiger partial charge in [0, 0.05) is 23.2 Å². The molecule has 2 N–H and O–H groups in total. The molecule has 0 atom stereocenters. The number of piperidine rings is 1. The number of hydrogen-bond acceptors (Lipinski definition) is 3. The molecule has 0 radical (unpaired) electrons. The third kappa shape index (κ3) is 4.20. The average Bonchev–Trinajstić information content (AvgIpc) is 2.48. The smallest absolute Gasteiger partial charge is 0.306 e. The lowest BCUT2D eigenvalue weighted by Crippen LogP contribution is -2.42. The van der Waals surface area contributed by atoms with E-state index in [4.69, 9.17) is 5.11 Å². The molecule has 1 aliphatic heterocycles. The van der Waals surface area contributed by atoms with Crippen molar-refractivity contribution in [3.63, 3.8) is 0 Å². The molecule has 6 heteroatoms. The predicted molar refractivity (Wildman–Crippen MR) is 84.3 cm³/mol. The zero-order valence-electron chi connectivity index (χ0n) is 11.9. The van der Waals surface area contributed by atoms with Crippen LogP contribution in [0.3, 0.4) is 0 Å². The van der Waals surface area contributed by atoms with E-state index >= 15 is 0 Å². The summed E-state index contributed by atoms with van der Waals surface area (Å²) in [6.07, 6.45) is 1.07. The monoisotopic (exact) mass is 354 g/mol. The highest BCUT2D eigenvalue weighted by atomic mass is 79.9. The lowest BCUT2D eigenvalue weighted by atomic mass is 9.97. The summed E-state index contributed by atoms with van der Waals surface area (Å²) in [6, 6.07) is 5.92. The average molecular weight is 355 g/mol. The van der Waals surface area contributed by atoms with Crippen LogP contribution in [0.15, 0.2) is 22.7 Å². The van der Waals surface area contributed by atoms with Crippen molar-refractivity contribution < 1.29 is 14.7 Å². The first-order valence-corrected chi connectivity index (χ1v) is 7.77. The van der Waals surface area contributed by atoms with E-state index in [0.29, 0.717) is 25.9 Å². The molecule has 1 aromatic carbocycles. The minimum atomic E-state index is -0.760. The van der Waals surface area contributed by atoms with Crippen molar-refractivity contribution >= 4 is 33.5 Å². The maximum atomic E-state index is 12.1. The highest BCUT2D eigenvalue weighted by Gasteiger charge is 2.26. The fourth-order valence-corrected chi connectivity index (χ4v) is 2.82. The van der Waals surface area contributed by atoms with Gasteiger partial charge in [0.1, 0.15) is 0 Å². The minimum absolute atomic E-state index is 0.00671. The van der Waals surface area contributed by atoms with Crippen molar-refractivity contribution in [1.29, 1.82) is 0 Å². The van der Waals surface area contributed by atoms with Gasteiger partial charge in [-0.15, -0.1) is 0 Å². The number of hydrogen-bond donors (Lipinski definition) is 2. The second-order valence-corrected chi connectivity index (χ2v) is 6.18. The molecule has 1 aliphatic rings. The van der Waals surface area contributed by atoms with Crippen LogP contribution in [0.1, 0.15) is 18.4 Å². The fourth-order valence-electron chi connectivity index (χ4n) is 2.43. The largest absolute Gasteiger partial charge is 0.481 e. The van der Waals surface area contributed by atoms with Gasteiger partial charge in [-0.2, -0.15) is 0 Å². The molecule has 5 nitrogen and oxygen atoms in total. The van der Waals surface area contributed by atoms with Crippen LogP contribution in [0.5, 0.6) is 0 Å². The SMILES string of the molecule is Cc1ccc(Br)c(NCC(=O)N2CCC(C(=O)O)CC2)c1. The van der Waals surface area contributed by atoms with Gasteiger partial charge in [0.05, 0.1) is 12.5 Å². The highest BCUT2D eigenvalue weighted by Crippen LogP contribution is 2.23. The van der Waals surface area contributed by atoms with Crippen LogP contribution >= 0.6 is 15.9 Å². The van der Waals surface area contributed by atoms with Gasteiger partial charge in [-0.25, -0.2) is 0 Å². The molecule has 0 saturated carbocycles. The standard InChI is InChI=1S/C15H19BrN2O3/c1-10-2-3-12(16)13(8-10)17-9-14(19)18-6-4-11(5-7-18)15(20)21/h2-3,8,11,17H,4-7,9H2,1H3,(H,20,21). The molecule has 0 bridgehead atoms. The molecule has 1 saturated heterocycles. The number of nitrogens with zero attached hydrogens (tertiary/aromatic N) is 1. The second-order valence-electron chi connectivity index (χ2n) is 5.33. The van der Waals surface area contributed by atoms with Crippen LogP contribution in [0, 0.1) is 12.8 Å². The van der Waals surface area contributed by atoms with Crippen molar-refractivity contribution in [3.05, 3.63) is 28.2 Å². The topological polar surface area (TPSA) is 69.6 Å². The molecule has 0 spiro atoms. The van der Waals surface area contributed by atoms with Crippen LogP contribution in [0.4, 0.5) is 5.69 Å². The van der Waals surface area contributed by atoms with Gasteiger partial charge in [0.25, 0.3) is 0 Å². The zero-order chi connectivity index (χ0) is 15.4. The zero-order valence-corrected chi connectivity index (χ0v) is 13.5. The van der Waals surface area contributed by atoms with E-state index in [2.05, 4.69) is 21.2 Å². The van der Waals surface area contributed by atoms with Gasteiger partial charge in [0.2, 0.25) is 5.91 Å². The molecule has 1 amide bonds. The molecule has 1 heterocycles. The highest BCUT2D eigenvalue weighted by molar-refractivity contribution is 9.10. The molecule has 1 aromatic rings. The van der Waals surface area contributed by atoms with Gasteiger partial charge in [-0.05, 0) is 53.4 Å². The number of likely N-dealkylation sites (tertiary alicyclic amines) is 1. The summed E-state index contributed by atoms with van der Waals surface area (Å²) in [5.41, 5.74) is 2.01. The number of benzene rings is 1. The van der Waals surface area contributed by atoms with Crippen LogP contribution < -0.4 is 5.32 Å². The third-order valence-electron chi connectivity index (χ3n) is 3.75. The quantitative estimate of drug-likeness (QED) is 0.871. The van der Waals surface area contributed by atoms with E-state index in [1.807, 2.05) is 25.1 Å². The van der Waals surface area contributed by atoms with E-state index < -0.39 is 5.97 Å². The minimum Gasteiger partial charge on any atom is -0.481 e. The number of rotatable bonds is 4. The number of carboxylic acids is 1. The Morgan fingerprint density at radius 3 is 2.67 bits per heavy atom. The van der Waals surface area contributed by atoms with E-state index in [-0.39, 0.29) is 18.4 Å². The Bertz CT molecular complexity index is 540. The van der Waals surface area contributed by atoms with E-state index in [1.54, 1.807) is 4.90 Å². The summed E-state index contributed by atoms with van der Waals surface area (Å²) in [5.74, 6) is -1.07. The summed E-state index contributed by atoms with van der Waals surface area (Å²) in [6.45, 7) is 3.26. The van der Waals surface area contributed by atoms with Gasteiger partial charge < -0.3 is 15.3 Å². The first kappa shape index (κ1) is 15.8. The first-order valence-electron chi connectivity index (χ1n) is 6.98. The number of halogens is 1. The number of carbonyl (C=O) groups excluding carboxylic acids is 1. The molecular formula is C15H19BrN2O3. The summed E-state index contributed by atoms with van der Waals surface area (Å²) >= 11 is 3.45. The Morgan fingerprint density at radius 1 is 1.38 bits per heavy atom. The van der Waals surface area contributed by atoms with E-state index in [1.165, 1.54) is 0 Å². The number of anilines is 1. The van der Waals surface area contributed by atoms with Crippen molar-refractivity contribution in [2.45, 2.75) is 19.8 Å². The van der Waals surface area contributed by atoms with Gasteiger partial charge >= 0.3 is 5.97 Å². The molecule has 0 unspecified atom stereocenters. The van der Waals surface area contributed by atoms with Crippen molar-refractivity contribution in [3.8, 4) is 0 Å². The molecule has 0 aliphatic carbocycles. The maximum Gasteiger partial charge on any atom is 0.306 e. The summed E-state index contributed by atoms with van der Waals surface area (Å²) in [5, 5.41) is 12.1.